The monoisotopic (exact) mass is 418 g/mol. The molecule has 0 fully saturated rings. The fraction of sp³-hybridized carbons (Fsp3) is 0.222. The van der Waals surface area contributed by atoms with Gasteiger partial charge in [0.25, 0.3) is 0 Å². The number of halogens is 1. The molecule has 3 aromatic rings. The first-order chi connectivity index (χ1) is 13.8. The Kier molecular flexibility index (Phi) is 5.99. The summed E-state index contributed by atoms with van der Waals surface area (Å²) >= 11 is 0. The lowest BCUT2D eigenvalue weighted by molar-refractivity contribution is -0.118. The van der Waals surface area contributed by atoms with E-state index >= 15 is 0 Å². The van der Waals surface area contributed by atoms with E-state index in [1.165, 1.54) is 35.7 Å². The summed E-state index contributed by atoms with van der Waals surface area (Å²) in [6.07, 6.45) is 4.26. The van der Waals surface area contributed by atoms with Gasteiger partial charge < -0.3 is 5.32 Å². The minimum atomic E-state index is -4.23. The number of anilines is 1. The number of hydrogen-bond donors (Lipinski definition) is 2. The molecule has 2 heterocycles. The third kappa shape index (κ3) is 4.81. The van der Waals surface area contributed by atoms with E-state index in [1.54, 1.807) is 26.0 Å². The lowest BCUT2D eigenvalue weighted by Gasteiger charge is -2.21. The Bertz CT molecular complexity index is 1090. The molecule has 11 heteroatoms. The van der Waals surface area contributed by atoms with Crippen molar-refractivity contribution in [2.45, 2.75) is 24.8 Å². The Balaban J connectivity index is 1.75. The van der Waals surface area contributed by atoms with Crippen LogP contribution in [0.15, 0.2) is 60.1 Å². The summed E-state index contributed by atoms with van der Waals surface area (Å²) in [5, 5.41) is 6.57. The van der Waals surface area contributed by atoms with Crippen LogP contribution < -0.4 is 10.0 Å². The fourth-order valence-electron chi connectivity index (χ4n) is 2.53. The zero-order valence-corrected chi connectivity index (χ0v) is 16.5. The van der Waals surface area contributed by atoms with Crippen molar-refractivity contribution in [2.24, 2.45) is 5.92 Å². The predicted molar refractivity (Wildman–Crippen MR) is 103 cm³/mol. The average molecular weight is 418 g/mol. The van der Waals surface area contributed by atoms with Crippen molar-refractivity contribution < 1.29 is 17.6 Å². The molecule has 0 radical (unpaired) electrons. The van der Waals surface area contributed by atoms with E-state index in [2.05, 4.69) is 25.1 Å². The van der Waals surface area contributed by atoms with Crippen molar-refractivity contribution in [1.29, 1.82) is 0 Å². The summed E-state index contributed by atoms with van der Waals surface area (Å²) < 4.78 is 42.7. The maximum absolute atomic E-state index is 13.9. The van der Waals surface area contributed by atoms with Crippen molar-refractivity contribution in [3.8, 4) is 5.82 Å². The number of carbonyl (C=O) groups is 1. The van der Waals surface area contributed by atoms with Gasteiger partial charge in [0.1, 0.15) is 29.4 Å². The molecule has 0 aliphatic heterocycles. The van der Waals surface area contributed by atoms with Gasteiger partial charge in [-0.3, -0.25) is 4.79 Å². The Morgan fingerprint density at radius 3 is 2.52 bits per heavy atom. The number of carbonyl (C=O) groups excluding carboxylic acids is 1. The number of rotatable bonds is 7. The zero-order valence-electron chi connectivity index (χ0n) is 15.7. The Hall–Kier alpha value is -3.18. The molecule has 0 unspecified atom stereocenters. The molecule has 9 nitrogen and oxygen atoms in total. The van der Waals surface area contributed by atoms with Gasteiger partial charge in [0.05, 0.1) is 11.9 Å². The molecule has 0 spiro atoms. The minimum Gasteiger partial charge on any atom is -0.323 e. The number of aromatic nitrogens is 4. The lowest BCUT2D eigenvalue weighted by Crippen LogP contribution is -2.47. The molecular weight excluding hydrogens is 399 g/mol. The van der Waals surface area contributed by atoms with Crippen LogP contribution in [0.5, 0.6) is 0 Å². The molecule has 29 heavy (non-hydrogen) atoms. The van der Waals surface area contributed by atoms with E-state index in [1.807, 2.05) is 0 Å². The minimum absolute atomic E-state index is 0.370. The number of sulfonamides is 1. The predicted octanol–water partition coefficient (Wildman–Crippen LogP) is 1.74. The summed E-state index contributed by atoms with van der Waals surface area (Å²) in [4.78, 5) is 20.2. The van der Waals surface area contributed by atoms with Crippen molar-refractivity contribution in [3.05, 3.63) is 61.1 Å². The maximum Gasteiger partial charge on any atom is 0.244 e. The van der Waals surface area contributed by atoms with Crippen LogP contribution >= 0.6 is 0 Å². The summed E-state index contributed by atoms with van der Waals surface area (Å²) in [5.74, 6) is -1.37. The van der Waals surface area contributed by atoms with Crippen LogP contribution in [0.4, 0.5) is 10.1 Å². The molecule has 152 valence electrons. The number of nitrogens with zero attached hydrogens (tertiary/aromatic N) is 4. The standard InChI is InChI=1S/C18H19FN6O3S/c1-12(2)17(24-29(27,28)15-6-4-3-5-14(15)19)18(26)23-13-7-8-16(21-9-13)25-11-20-10-22-25/h3-12,17,24H,1-2H3,(H,23,26)/t17-/m0/s1. The second-order valence-electron chi connectivity index (χ2n) is 6.51. The molecular formula is C18H19FN6O3S. The van der Waals surface area contributed by atoms with E-state index in [9.17, 15) is 17.6 Å². The van der Waals surface area contributed by atoms with Gasteiger partial charge in [-0.1, -0.05) is 26.0 Å². The van der Waals surface area contributed by atoms with Crippen molar-refractivity contribution in [3.63, 3.8) is 0 Å². The van der Waals surface area contributed by atoms with Crippen molar-refractivity contribution in [1.82, 2.24) is 24.5 Å². The van der Waals surface area contributed by atoms with Crippen molar-refractivity contribution in [2.75, 3.05) is 5.32 Å². The zero-order chi connectivity index (χ0) is 21.0. The SMILES string of the molecule is CC(C)[C@H](NS(=O)(=O)c1ccccc1F)C(=O)Nc1ccc(-n2cncn2)nc1. The highest BCUT2D eigenvalue weighted by Crippen LogP contribution is 2.17. The summed E-state index contributed by atoms with van der Waals surface area (Å²) in [6, 6.07) is 7.08. The number of benzene rings is 1. The van der Waals surface area contributed by atoms with Gasteiger partial charge in [-0.2, -0.15) is 9.82 Å². The third-order valence-corrected chi connectivity index (χ3v) is 5.50. The van der Waals surface area contributed by atoms with E-state index in [0.29, 0.717) is 11.5 Å². The molecule has 1 amide bonds. The average Bonchev–Trinajstić information content (AvgIpc) is 3.21. The Labute approximate surface area is 167 Å². The quantitative estimate of drug-likeness (QED) is 0.603. The molecule has 0 bridgehead atoms. The molecule has 0 saturated heterocycles. The van der Waals surface area contributed by atoms with Crippen LogP contribution in [0.2, 0.25) is 0 Å². The fourth-order valence-corrected chi connectivity index (χ4v) is 3.95. The highest BCUT2D eigenvalue weighted by molar-refractivity contribution is 7.89. The topological polar surface area (TPSA) is 119 Å². The van der Waals surface area contributed by atoms with E-state index < -0.39 is 32.7 Å². The Morgan fingerprint density at radius 2 is 1.93 bits per heavy atom. The first-order valence-corrected chi connectivity index (χ1v) is 10.1. The van der Waals surface area contributed by atoms with Gasteiger partial charge in [0.15, 0.2) is 5.82 Å². The third-order valence-electron chi connectivity index (χ3n) is 4.03. The number of pyridine rings is 1. The van der Waals surface area contributed by atoms with Gasteiger partial charge in [-0.25, -0.2) is 27.5 Å². The van der Waals surface area contributed by atoms with Gasteiger partial charge in [0, 0.05) is 0 Å². The number of hydrogen-bond acceptors (Lipinski definition) is 6. The van der Waals surface area contributed by atoms with E-state index in [4.69, 9.17) is 0 Å². The van der Waals surface area contributed by atoms with Crippen LogP contribution in [0.25, 0.3) is 5.82 Å². The molecule has 3 rings (SSSR count). The maximum atomic E-state index is 13.9. The van der Waals surface area contributed by atoms with Crippen LogP contribution in [-0.2, 0) is 14.8 Å². The molecule has 2 aromatic heterocycles. The molecule has 1 aromatic carbocycles. The van der Waals surface area contributed by atoms with E-state index in [-0.39, 0.29) is 5.92 Å². The van der Waals surface area contributed by atoms with Crippen LogP contribution in [-0.4, -0.2) is 40.1 Å². The second kappa shape index (κ2) is 8.45. The summed E-state index contributed by atoms with van der Waals surface area (Å²) in [7, 11) is -4.23. The van der Waals surface area contributed by atoms with Crippen LogP contribution in [0.1, 0.15) is 13.8 Å². The molecule has 0 saturated carbocycles. The molecule has 0 aliphatic carbocycles. The summed E-state index contributed by atoms with van der Waals surface area (Å²) in [6.45, 7) is 3.36. The van der Waals surface area contributed by atoms with Crippen LogP contribution in [0, 0.1) is 11.7 Å². The van der Waals surface area contributed by atoms with Gasteiger partial charge in [-0.05, 0) is 30.2 Å². The molecule has 1 atom stereocenters. The lowest BCUT2D eigenvalue weighted by atomic mass is 10.1. The van der Waals surface area contributed by atoms with E-state index in [0.717, 1.165) is 12.1 Å². The highest BCUT2D eigenvalue weighted by atomic mass is 32.2. The van der Waals surface area contributed by atoms with Crippen molar-refractivity contribution >= 4 is 21.6 Å². The first-order valence-electron chi connectivity index (χ1n) is 8.66. The van der Waals surface area contributed by atoms with Gasteiger partial charge in [0.2, 0.25) is 15.9 Å². The number of nitrogens with one attached hydrogen (secondary N) is 2. The molecule has 2 N–H and O–H groups in total. The Morgan fingerprint density at radius 1 is 1.17 bits per heavy atom. The normalized spacial score (nSPS) is 12.7. The molecule has 0 aliphatic rings. The summed E-state index contributed by atoms with van der Waals surface area (Å²) in [5.41, 5.74) is 0.370. The first kappa shape index (κ1) is 20.6. The largest absolute Gasteiger partial charge is 0.323 e. The van der Waals surface area contributed by atoms with Gasteiger partial charge >= 0.3 is 0 Å². The smallest absolute Gasteiger partial charge is 0.244 e. The highest BCUT2D eigenvalue weighted by Gasteiger charge is 2.30. The van der Waals surface area contributed by atoms with Gasteiger partial charge in [-0.15, -0.1) is 0 Å². The number of amides is 1. The second-order valence-corrected chi connectivity index (χ2v) is 8.19. The van der Waals surface area contributed by atoms with Crippen LogP contribution in [0.3, 0.4) is 0 Å².